The van der Waals surface area contributed by atoms with E-state index in [4.69, 9.17) is 0 Å². The Kier molecular flexibility index (Phi) is 9.42. The van der Waals surface area contributed by atoms with Gasteiger partial charge in [0.15, 0.2) is 5.96 Å². The van der Waals surface area contributed by atoms with Gasteiger partial charge in [-0.25, -0.2) is 4.98 Å². The maximum atomic E-state index is 11.9. The topological polar surface area (TPSA) is 96.2 Å². The van der Waals surface area contributed by atoms with Crippen molar-refractivity contribution in [3.05, 3.63) is 40.9 Å². The van der Waals surface area contributed by atoms with Crippen molar-refractivity contribution >= 4 is 57.5 Å². The fourth-order valence-corrected chi connectivity index (χ4v) is 2.18. The van der Waals surface area contributed by atoms with Gasteiger partial charge < -0.3 is 16.0 Å². The van der Waals surface area contributed by atoms with Gasteiger partial charge in [0.2, 0.25) is 5.91 Å². The van der Waals surface area contributed by atoms with Gasteiger partial charge >= 0.3 is 0 Å². The Morgan fingerprint density at radius 2 is 2.00 bits per heavy atom. The number of carbonyl (C=O) groups excluding carboxylic acids is 1. The molecule has 1 aromatic carbocycles. The van der Waals surface area contributed by atoms with Gasteiger partial charge in [-0.2, -0.15) is 5.10 Å². The predicted molar refractivity (Wildman–Crippen MR) is 112 cm³/mol. The van der Waals surface area contributed by atoms with Crippen LogP contribution in [-0.4, -0.2) is 40.2 Å². The molecule has 0 saturated carbocycles. The van der Waals surface area contributed by atoms with Crippen molar-refractivity contribution in [3.63, 3.8) is 0 Å². The van der Waals surface area contributed by atoms with E-state index < -0.39 is 0 Å². The highest BCUT2D eigenvalue weighted by Gasteiger charge is 2.05. The number of aryl methyl sites for hydroxylation is 1. The summed E-state index contributed by atoms with van der Waals surface area (Å²) < 4.78 is 2.66. The number of rotatable bonds is 6. The van der Waals surface area contributed by atoms with Crippen LogP contribution in [0.25, 0.3) is 0 Å². The number of hydrogen-bond acceptors (Lipinski definition) is 4. The summed E-state index contributed by atoms with van der Waals surface area (Å²) in [4.78, 5) is 20.1. The fourth-order valence-electron chi connectivity index (χ4n) is 1.91. The van der Waals surface area contributed by atoms with Crippen LogP contribution in [0.1, 0.15) is 12.2 Å². The number of aliphatic imine (C=N–C) groups is 1. The summed E-state index contributed by atoms with van der Waals surface area (Å²) in [6.45, 7) is 0.974. The highest BCUT2D eigenvalue weighted by molar-refractivity contribution is 14.0. The van der Waals surface area contributed by atoms with Crippen LogP contribution in [-0.2, 0) is 18.4 Å². The lowest BCUT2D eigenvalue weighted by atomic mass is 10.3. The molecule has 0 atom stereocenters. The highest BCUT2D eigenvalue weighted by Crippen LogP contribution is 2.14. The Balaban J connectivity index is 0.00000312. The van der Waals surface area contributed by atoms with Crippen LogP contribution >= 0.6 is 39.9 Å². The smallest absolute Gasteiger partial charge is 0.226 e. The van der Waals surface area contributed by atoms with Crippen LogP contribution < -0.4 is 16.0 Å². The van der Waals surface area contributed by atoms with Crippen molar-refractivity contribution in [2.24, 2.45) is 12.0 Å². The zero-order chi connectivity index (χ0) is 17.4. The van der Waals surface area contributed by atoms with Gasteiger partial charge in [0, 0.05) is 37.2 Å². The fraction of sp³-hybridized carbons (Fsp3) is 0.333. The zero-order valence-corrected chi connectivity index (χ0v) is 17.9. The maximum absolute atomic E-state index is 11.9. The van der Waals surface area contributed by atoms with Gasteiger partial charge in [0.1, 0.15) is 12.2 Å². The minimum Gasteiger partial charge on any atom is -0.356 e. The van der Waals surface area contributed by atoms with E-state index >= 15 is 0 Å². The van der Waals surface area contributed by atoms with Crippen molar-refractivity contribution in [1.29, 1.82) is 0 Å². The van der Waals surface area contributed by atoms with Gasteiger partial charge in [-0.05, 0) is 24.3 Å². The summed E-state index contributed by atoms with van der Waals surface area (Å²) in [5.74, 6) is 1.34. The summed E-state index contributed by atoms with van der Waals surface area (Å²) in [6, 6.07) is 7.45. The van der Waals surface area contributed by atoms with E-state index in [1.54, 1.807) is 11.7 Å². The third-order valence-corrected chi connectivity index (χ3v) is 3.74. The molecule has 8 nitrogen and oxygen atoms in total. The average molecular weight is 522 g/mol. The van der Waals surface area contributed by atoms with E-state index in [2.05, 4.69) is 47.0 Å². The summed E-state index contributed by atoms with van der Waals surface area (Å²) >= 11 is 3.36. The molecule has 0 aliphatic heterocycles. The molecular formula is C15H21BrIN7O. The number of amides is 1. The van der Waals surface area contributed by atoms with E-state index in [1.807, 2.05) is 31.3 Å². The van der Waals surface area contributed by atoms with Crippen LogP contribution in [0.4, 0.5) is 5.69 Å². The molecule has 0 fully saturated rings. The van der Waals surface area contributed by atoms with E-state index in [0.717, 1.165) is 16.0 Å². The van der Waals surface area contributed by atoms with Crippen molar-refractivity contribution in [1.82, 2.24) is 25.4 Å². The molecular weight excluding hydrogens is 501 g/mol. The lowest BCUT2D eigenvalue weighted by Gasteiger charge is -2.11. The highest BCUT2D eigenvalue weighted by atomic mass is 127. The minimum atomic E-state index is -0.0615. The quantitative estimate of drug-likeness (QED) is 0.306. The SMILES string of the molecule is CN=C(NCCC(=O)Nc1ccc(Br)cc1)NCc1ncnn1C.I. The van der Waals surface area contributed by atoms with E-state index in [-0.39, 0.29) is 29.9 Å². The zero-order valence-electron chi connectivity index (χ0n) is 14.0. The molecule has 0 aliphatic rings. The largest absolute Gasteiger partial charge is 0.356 e. The Morgan fingerprint density at radius 3 is 2.60 bits per heavy atom. The van der Waals surface area contributed by atoms with Crippen molar-refractivity contribution in [2.45, 2.75) is 13.0 Å². The monoisotopic (exact) mass is 521 g/mol. The van der Waals surface area contributed by atoms with Gasteiger partial charge in [-0.15, -0.1) is 24.0 Å². The number of halogens is 2. The van der Waals surface area contributed by atoms with Crippen LogP contribution in [0.3, 0.4) is 0 Å². The first kappa shape index (κ1) is 21.4. The Hall–Kier alpha value is -1.69. The molecule has 0 saturated heterocycles. The van der Waals surface area contributed by atoms with Gasteiger partial charge in [0.05, 0.1) is 6.54 Å². The van der Waals surface area contributed by atoms with Crippen LogP contribution in [0.5, 0.6) is 0 Å². The van der Waals surface area contributed by atoms with Crippen LogP contribution in [0, 0.1) is 0 Å². The molecule has 0 unspecified atom stereocenters. The predicted octanol–water partition coefficient (Wildman–Crippen LogP) is 1.89. The first-order valence-electron chi connectivity index (χ1n) is 7.41. The van der Waals surface area contributed by atoms with Crippen molar-refractivity contribution in [2.75, 3.05) is 18.9 Å². The number of guanidine groups is 1. The Morgan fingerprint density at radius 1 is 1.28 bits per heavy atom. The second kappa shape index (κ2) is 11.0. The minimum absolute atomic E-state index is 0. The first-order valence-corrected chi connectivity index (χ1v) is 8.20. The number of carbonyl (C=O) groups is 1. The Labute approximate surface area is 172 Å². The summed E-state index contributed by atoms with van der Waals surface area (Å²) in [7, 11) is 3.50. The second-order valence-corrected chi connectivity index (χ2v) is 5.87. The van der Waals surface area contributed by atoms with Crippen LogP contribution in [0.2, 0.25) is 0 Å². The summed E-state index contributed by atoms with van der Waals surface area (Å²) in [6.07, 6.45) is 1.83. The standard InChI is InChI=1S/C15H20BrN7O.HI/c1-17-15(19-9-13-20-10-21-23(13)2)18-8-7-14(24)22-12-5-3-11(16)4-6-12;/h3-6,10H,7-9H2,1-2H3,(H,22,24)(H2,17,18,19);1H. The molecule has 136 valence electrons. The molecule has 1 amide bonds. The number of nitrogens with one attached hydrogen (secondary N) is 3. The van der Waals surface area contributed by atoms with Gasteiger partial charge in [-0.1, -0.05) is 15.9 Å². The third-order valence-electron chi connectivity index (χ3n) is 3.22. The molecule has 2 aromatic rings. The Bertz CT molecular complexity index is 702. The molecule has 0 spiro atoms. The molecule has 25 heavy (non-hydrogen) atoms. The lowest BCUT2D eigenvalue weighted by molar-refractivity contribution is -0.116. The number of aromatic nitrogens is 3. The third kappa shape index (κ3) is 7.38. The van der Waals surface area contributed by atoms with Crippen molar-refractivity contribution in [3.8, 4) is 0 Å². The number of benzene rings is 1. The molecule has 3 N–H and O–H groups in total. The molecule has 0 bridgehead atoms. The second-order valence-electron chi connectivity index (χ2n) is 4.96. The number of nitrogens with zero attached hydrogens (tertiary/aromatic N) is 4. The molecule has 2 rings (SSSR count). The van der Waals surface area contributed by atoms with Gasteiger partial charge in [-0.3, -0.25) is 14.5 Å². The normalized spacial score (nSPS) is 10.8. The molecule has 1 aromatic heterocycles. The number of anilines is 1. The molecule has 1 heterocycles. The number of hydrogen-bond donors (Lipinski definition) is 3. The van der Waals surface area contributed by atoms with Gasteiger partial charge in [0.25, 0.3) is 0 Å². The molecule has 0 radical (unpaired) electrons. The molecule has 10 heteroatoms. The molecule has 0 aliphatic carbocycles. The van der Waals surface area contributed by atoms with Crippen molar-refractivity contribution < 1.29 is 4.79 Å². The average Bonchev–Trinajstić information content (AvgIpc) is 2.98. The summed E-state index contributed by atoms with van der Waals surface area (Å²) in [5, 5.41) is 13.1. The first-order chi connectivity index (χ1) is 11.6. The lowest BCUT2D eigenvalue weighted by Crippen LogP contribution is -2.38. The summed E-state index contributed by atoms with van der Waals surface area (Å²) in [5.41, 5.74) is 0.771. The van der Waals surface area contributed by atoms with E-state index in [0.29, 0.717) is 25.5 Å². The van der Waals surface area contributed by atoms with E-state index in [9.17, 15) is 4.79 Å². The maximum Gasteiger partial charge on any atom is 0.226 e. The van der Waals surface area contributed by atoms with E-state index in [1.165, 1.54) is 6.33 Å². The van der Waals surface area contributed by atoms with Crippen LogP contribution in [0.15, 0.2) is 40.1 Å².